The van der Waals surface area contributed by atoms with Gasteiger partial charge < -0.3 is 14.6 Å². The summed E-state index contributed by atoms with van der Waals surface area (Å²) in [5, 5.41) is 12.0. The molecular formula is C12H10NNaO4S. The minimum Gasteiger partial charge on any atom is -0.543 e. The summed E-state index contributed by atoms with van der Waals surface area (Å²) in [6, 6.07) is 0. The SMILES string of the molecule is O=C([O-])C1=CS[C@@H]2/C(=C\C3CCC=CO3)C(=O)N12.[Na+]. The summed E-state index contributed by atoms with van der Waals surface area (Å²) in [6.45, 7) is 0. The molecule has 94 valence electrons. The molecule has 0 aromatic rings. The van der Waals surface area contributed by atoms with E-state index in [1.807, 2.05) is 6.08 Å². The van der Waals surface area contributed by atoms with Crippen LogP contribution in [0.4, 0.5) is 0 Å². The van der Waals surface area contributed by atoms with Gasteiger partial charge in [0.25, 0.3) is 5.91 Å². The van der Waals surface area contributed by atoms with Gasteiger partial charge in [0, 0.05) is 0 Å². The third-order valence-corrected chi connectivity index (χ3v) is 4.16. The van der Waals surface area contributed by atoms with Gasteiger partial charge in [0.05, 0.1) is 23.5 Å². The van der Waals surface area contributed by atoms with Crippen LogP contribution in [-0.2, 0) is 14.3 Å². The summed E-state index contributed by atoms with van der Waals surface area (Å²) in [6.07, 6.45) is 7.04. The van der Waals surface area contributed by atoms with Gasteiger partial charge >= 0.3 is 29.6 Å². The molecule has 7 heteroatoms. The standard InChI is InChI=1S/C12H11NO4S.Na/c14-10-8(5-7-3-1-2-4-17-7)11-13(10)9(6-18-11)12(15)16;/h2,4-7,11H,1,3H2,(H,15,16);/q;+1/p-1/b8-5-;/t7?,11-;/m1./s1. The Balaban J connectivity index is 0.00000133. The molecule has 1 unspecified atom stereocenters. The fraction of sp³-hybridized carbons (Fsp3) is 0.333. The number of nitrogens with zero attached hydrogens (tertiary/aromatic N) is 1. The van der Waals surface area contributed by atoms with E-state index in [0.29, 0.717) is 5.57 Å². The van der Waals surface area contributed by atoms with Gasteiger partial charge in [-0.05, 0) is 30.4 Å². The van der Waals surface area contributed by atoms with Gasteiger partial charge in [0.15, 0.2) is 0 Å². The number of hydrogen-bond acceptors (Lipinski definition) is 5. The van der Waals surface area contributed by atoms with Gasteiger partial charge in [-0.1, -0.05) is 0 Å². The van der Waals surface area contributed by atoms with Gasteiger partial charge in [0.1, 0.15) is 11.5 Å². The number of ether oxygens (including phenoxy) is 1. The number of fused-ring (bicyclic) bond motifs is 1. The van der Waals surface area contributed by atoms with E-state index < -0.39 is 5.97 Å². The Hall–Kier alpha value is -0.690. The normalized spacial score (nSPS) is 30.1. The minimum absolute atomic E-state index is 0. The van der Waals surface area contributed by atoms with Crippen molar-refractivity contribution < 1.29 is 49.0 Å². The Morgan fingerprint density at radius 3 is 3.00 bits per heavy atom. The first kappa shape index (κ1) is 14.7. The van der Waals surface area contributed by atoms with Crippen LogP contribution in [0.25, 0.3) is 0 Å². The van der Waals surface area contributed by atoms with E-state index in [1.165, 1.54) is 22.1 Å². The summed E-state index contributed by atoms with van der Waals surface area (Å²) in [4.78, 5) is 23.9. The Morgan fingerprint density at radius 1 is 1.58 bits per heavy atom. The second kappa shape index (κ2) is 5.75. The molecule has 19 heavy (non-hydrogen) atoms. The minimum atomic E-state index is -1.31. The Kier molecular flexibility index (Phi) is 4.45. The molecule has 3 heterocycles. The predicted octanol–water partition coefficient (Wildman–Crippen LogP) is -2.88. The third kappa shape index (κ3) is 2.50. The molecule has 5 nitrogen and oxygen atoms in total. The van der Waals surface area contributed by atoms with Gasteiger partial charge in [-0.25, -0.2) is 0 Å². The summed E-state index contributed by atoms with van der Waals surface area (Å²) >= 11 is 1.31. The molecule has 0 spiro atoms. The van der Waals surface area contributed by atoms with Crippen LogP contribution in [-0.4, -0.2) is 28.3 Å². The molecule has 3 rings (SSSR count). The monoisotopic (exact) mass is 287 g/mol. The topological polar surface area (TPSA) is 69.7 Å². The maximum absolute atomic E-state index is 11.9. The average Bonchev–Trinajstić information content (AvgIpc) is 2.77. The zero-order valence-electron chi connectivity index (χ0n) is 10.4. The van der Waals surface area contributed by atoms with Crippen molar-refractivity contribution in [3.05, 3.63) is 35.1 Å². The first-order chi connectivity index (χ1) is 8.68. The second-order valence-corrected chi connectivity index (χ2v) is 5.15. The van der Waals surface area contributed by atoms with Crippen LogP contribution in [0.15, 0.2) is 35.1 Å². The van der Waals surface area contributed by atoms with Gasteiger partial charge in [-0.3, -0.25) is 9.69 Å². The number of allylic oxidation sites excluding steroid dienone is 1. The molecule has 1 fully saturated rings. The number of carbonyl (C=O) groups is 2. The van der Waals surface area contributed by atoms with Gasteiger partial charge in [0.2, 0.25) is 0 Å². The number of thioether (sulfide) groups is 1. The van der Waals surface area contributed by atoms with Crippen LogP contribution in [0, 0.1) is 0 Å². The van der Waals surface area contributed by atoms with Crippen molar-refractivity contribution in [3.63, 3.8) is 0 Å². The van der Waals surface area contributed by atoms with E-state index in [4.69, 9.17) is 4.74 Å². The van der Waals surface area contributed by atoms with E-state index in [-0.39, 0.29) is 52.6 Å². The van der Waals surface area contributed by atoms with Crippen molar-refractivity contribution in [3.8, 4) is 0 Å². The number of rotatable bonds is 2. The number of carboxylic acids is 1. The van der Waals surface area contributed by atoms with Crippen LogP contribution in [0.5, 0.6) is 0 Å². The predicted molar refractivity (Wildman–Crippen MR) is 62.6 cm³/mol. The van der Waals surface area contributed by atoms with Gasteiger partial charge in [-0.2, -0.15) is 0 Å². The van der Waals surface area contributed by atoms with Crippen molar-refractivity contribution in [1.29, 1.82) is 0 Å². The molecule has 0 saturated carbocycles. The number of aliphatic carboxylic acids is 1. The first-order valence-corrected chi connectivity index (χ1v) is 6.55. The molecule has 0 aromatic carbocycles. The van der Waals surface area contributed by atoms with E-state index >= 15 is 0 Å². The van der Waals surface area contributed by atoms with Crippen molar-refractivity contribution in [2.75, 3.05) is 0 Å². The van der Waals surface area contributed by atoms with Crippen LogP contribution in [0.2, 0.25) is 0 Å². The fourth-order valence-corrected chi connectivity index (χ4v) is 3.28. The number of carbonyl (C=O) groups excluding carboxylic acids is 2. The molecular weight excluding hydrogens is 277 g/mol. The van der Waals surface area contributed by atoms with E-state index in [0.717, 1.165) is 12.8 Å². The molecule has 0 N–H and O–H groups in total. The van der Waals surface area contributed by atoms with Gasteiger partial charge in [-0.15, -0.1) is 11.8 Å². The number of hydrogen-bond donors (Lipinski definition) is 0. The van der Waals surface area contributed by atoms with Crippen LogP contribution >= 0.6 is 11.8 Å². The molecule has 0 bridgehead atoms. The zero-order valence-corrected chi connectivity index (χ0v) is 13.2. The van der Waals surface area contributed by atoms with Crippen LogP contribution in [0.3, 0.4) is 0 Å². The fourth-order valence-electron chi connectivity index (χ4n) is 2.16. The number of carboxylic acid groups (broad SMARTS) is 1. The molecule has 3 aliphatic rings. The van der Waals surface area contributed by atoms with Crippen molar-refractivity contribution >= 4 is 23.6 Å². The third-order valence-electron chi connectivity index (χ3n) is 3.08. The molecule has 1 amide bonds. The quantitative estimate of drug-likeness (QED) is 0.310. The van der Waals surface area contributed by atoms with E-state index in [2.05, 4.69) is 0 Å². The van der Waals surface area contributed by atoms with Crippen LogP contribution in [0.1, 0.15) is 12.8 Å². The smallest absolute Gasteiger partial charge is 0.543 e. The van der Waals surface area contributed by atoms with E-state index in [1.54, 1.807) is 12.3 Å². The summed E-state index contributed by atoms with van der Waals surface area (Å²) in [5.74, 6) is -1.58. The summed E-state index contributed by atoms with van der Waals surface area (Å²) in [5.41, 5.74) is 0.574. The molecule has 2 atom stereocenters. The maximum Gasteiger partial charge on any atom is 1.00 e. The Labute approximate surface area is 136 Å². The zero-order chi connectivity index (χ0) is 12.7. The first-order valence-electron chi connectivity index (χ1n) is 5.61. The molecule has 0 aliphatic carbocycles. The summed E-state index contributed by atoms with van der Waals surface area (Å²) < 4.78 is 5.37. The number of β-lactam (4-membered cyclic amide) rings is 1. The number of amides is 1. The van der Waals surface area contributed by atoms with Crippen molar-refractivity contribution in [2.24, 2.45) is 0 Å². The average molecular weight is 287 g/mol. The van der Waals surface area contributed by atoms with E-state index in [9.17, 15) is 14.7 Å². The largest absolute Gasteiger partial charge is 1.00 e. The molecule has 1 saturated heterocycles. The molecule has 0 radical (unpaired) electrons. The van der Waals surface area contributed by atoms with Crippen molar-refractivity contribution in [2.45, 2.75) is 24.3 Å². The van der Waals surface area contributed by atoms with Crippen LogP contribution < -0.4 is 34.7 Å². The molecule has 3 aliphatic heterocycles. The summed E-state index contributed by atoms with van der Waals surface area (Å²) in [7, 11) is 0. The Morgan fingerprint density at radius 2 is 2.37 bits per heavy atom. The second-order valence-electron chi connectivity index (χ2n) is 4.20. The Bertz CT molecular complexity index is 514. The molecule has 0 aromatic heterocycles. The van der Waals surface area contributed by atoms with Crippen molar-refractivity contribution in [1.82, 2.24) is 4.90 Å². The maximum atomic E-state index is 11.9.